The Kier molecular flexibility index (Phi) is 7.57. The number of rotatable bonds is 4. The SMILES string of the molecule is CN=C(NCc1ccc2c(c1)CCC2)NC1CCN(CC(F)(F)F)C1.I. The number of nitrogens with zero attached hydrogens (tertiary/aromatic N) is 2. The van der Waals surface area contributed by atoms with E-state index in [0.717, 1.165) is 6.42 Å². The van der Waals surface area contributed by atoms with Crippen molar-refractivity contribution in [3.05, 3.63) is 34.9 Å². The Morgan fingerprint density at radius 2 is 2.04 bits per heavy atom. The van der Waals surface area contributed by atoms with Gasteiger partial charge in [-0.2, -0.15) is 13.2 Å². The fourth-order valence-corrected chi connectivity index (χ4v) is 3.66. The molecule has 4 nitrogen and oxygen atoms in total. The largest absolute Gasteiger partial charge is 0.401 e. The van der Waals surface area contributed by atoms with Crippen molar-refractivity contribution >= 4 is 29.9 Å². The zero-order valence-corrected chi connectivity index (χ0v) is 17.2. The number of fused-ring (bicyclic) bond motifs is 1. The highest BCUT2D eigenvalue weighted by atomic mass is 127. The van der Waals surface area contributed by atoms with Crippen LogP contribution in [-0.4, -0.2) is 49.8 Å². The summed E-state index contributed by atoms with van der Waals surface area (Å²) in [4.78, 5) is 5.63. The smallest absolute Gasteiger partial charge is 0.352 e. The van der Waals surface area contributed by atoms with Gasteiger partial charge in [0.05, 0.1) is 6.54 Å². The van der Waals surface area contributed by atoms with Gasteiger partial charge in [-0.15, -0.1) is 24.0 Å². The topological polar surface area (TPSA) is 39.7 Å². The molecule has 0 spiro atoms. The van der Waals surface area contributed by atoms with Crippen molar-refractivity contribution in [1.29, 1.82) is 0 Å². The van der Waals surface area contributed by atoms with Gasteiger partial charge < -0.3 is 10.6 Å². The monoisotopic (exact) mass is 482 g/mol. The summed E-state index contributed by atoms with van der Waals surface area (Å²) in [6.45, 7) is 0.663. The van der Waals surface area contributed by atoms with Gasteiger partial charge >= 0.3 is 6.18 Å². The van der Waals surface area contributed by atoms with Crippen molar-refractivity contribution in [1.82, 2.24) is 15.5 Å². The van der Waals surface area contributed by atoms with E-state index >= 15 is 0 Å². The molecular formula is C18H26F3IN4. The minimum atomic E-state index is -4.14. The maximum Gasteiger partial charge on any atom is 0.401 e. The minimum Gasteiger partial charge on any atom is -0.352 e. The van der Waals surface area contributed by atoms with Crippen LogP contribution in [0, 0.1) is 0 Å². The van der Waals surface area contributed by atoms with Gasteiger partial charge in [-0.05, 0) is 42.4 Å². The maximum absolute atomic E-state index is 12.5. The molecule has 2 aliphatic rings. The Bertz CT molecular complexity index is 633. The van der Waals surface area contributed by atoms with Crippen LogP contribution in [0.4, 0.5) is 13.2 Å². The zero-order valence-electron chi connectivity index (χ0n) is 14.9. The highest BCUT2D eigenvalue weighted by molar-refractivity contribution is 14.0. The molecule has 1 saturated heterocycles. The van der Waals surface area contributed by atoms with E-state index in [1.807, 2.05) is 0 Å². The predicted molar refractivity (Wildman–Crippen MR) is 108 cm³/mol. The standard InChI is InChI=1S/C18H25F3N4.HI/c1-22-17(24-16-7-8-25(11-16)12-18(19,20)21)23-10-13-5-6-14-3-2-4-15(14)9-13;/h5-6,9,16H,2-4,7-8,10-12H2,1H3,(H2,22,23,24);1H. The second-order valence-electron chi connectivity index (χ2n) is 6.86. The number of guanidine groups is 1. The van der Waals surface area contributed by atoms with E-state index in [1.165, 1.54) is 34.4 Å². The lowest BCUT2D eigenvalue weighted by molar-refractivity contribution is -0.143. The van der Waals surface area contributed by atoms with Crippen LogP contribution in [0.1, 0.15) is 29.5 Å². The first-order valence-electron chi connectivity index (χ1n) is 8.80. The van der Waals surface area contributed by atoms with Gasteiger partial charge in [0, 0.05) is 32.7 Å². The lowest BCUT2D eigenvalue weighted by Crippen LogP contribution is -2.44. The quantitative estimate of drug-likeness (QED) is 0.394. The average Bonchev–Trinajstić information content (AvgIpc) is 3.18. The molecule has 0 amide bonds. The molecule has 1 atom stereocenters. The maximum atomic E-state index is 12.5. The van der Waals surface area contributed by atoms with Crippen LogP contribution >= 0.6 is 24.0 Å². The number of halogens is 4. The number of nitrogens with one attached hydrogen (secondary N) is 2. The molecule has 1 heterocycles. The first kappa shape index (κ1) is 21.3. The molecule has 0 aromatic heterocycles. The predicted octanol–water partition coefficient (Wildman–Crippen LogP) is 3.09. The van der Waals surface area contributed by atoms with Gasteiger partial charge in [0.15, 0.2) is 5.96 Å². The van der Waals surface area contributed by atoms with Gasteiger partial charge in [0.25, 0.3) is 0 Å². The number of alkyl halides is 3. The summed E-state index contributed by atoms with van der Waals surface area (Å²) < 4.78 is 37.4. The van der Waals surface area contributed by atoms with Crippen molar-refractivity contribution in [3.63, 3.8) is 0 Å². The van der Waals surface area contributed by atoms with E-state index in [1.54, 1.807) is 7.05 Å². The summed E-state index contributed by atoms with van der Waals surface area (Å²) in [6, 6.07) is 6.56. The second kappa shape index (κ2) is 9.25. The van der Waals surface area contributed by atoms with Crippen LogP contribution in [0.5, 0.6) is 0 Å². The number of likely N-dealkylation sites (tertiary alicyclic amines) is 1. The zero-order chi connectivity index (χ0) is 17.9. The van der Waals surface area contributed by atoms with Crippen molar-refractivity contribution < 1.29 is 13.2 Å². The Hall–Kier alpha value is -1.03. The summed E-state index contributed by atoms with van der Waals surface area (Å²) in [6.07, 6.45) is 0.0964. The average molecular weight is 482 g/mol. The molecule has 1 fully saturated rings. The molecule has 1 unspecified atom stereocenters. The molecule has 2 N–H and O–H groups in total. The van der Waals surface area contributed by atoms with Crippen molar-refractivity contribution in [2.45, 2.75) is 44.4 Å². The van der Waals surface area contributed by atoms with Gasteiger partial charge in [-0.3, -0.25) is 9.89 Å². The van der Waals surface area contributed by atoms with Gasteiger partial charge in [-0.25, -0.2) is 0 Å². The third-order valence-electron chi connectivity index (χ3n) is 4.86. The summed E-state index contributed by atoms with van der Waals surface area (Å²) >= 11 is 0. The molecule has 3 rings (SSSR count). The minimum absolute atomic E-state index is 0. The molecule has 1 aliphatic carbocycles. The van der Waals surface area contributed by atoms with E-state index in [9.17, 15) is 13.2 Å². The van der Waals surface area contributed by atoms with E-state index in [4.69, 9.17) is 0 Å². The van der Waals surface area contributed by atoms with E-state index in [-0.39, 0.29) is 30.0 Å². The van der Waals surface area contributed by atoms with E-state index in [0.29, 0.717) is 32.0 Å². The third kappa shape index (κ3) is 6.00. The Morgan fingerprint density at radius 3 is 2.77 bits per heavy atom. The van der Waals surface area contributed by atoms with Crippen LogP contribution in [0.2, 0.25) is 0 Å². The van der Waals surface area contributed by atoms with Crippen LogP contribution in [0.15, 0.2) is 23.2 Å². The summed E-state index contributed by atoms with van der Waals surface area (Å²) in [7, 11) is 1.68. The fourth-order valence-electron chi connectivity index (χ4n) is 3.66. The number of aryl methyl sites for hydroxylation is 2. The number of benzene rings is 1. The first-order chi connectivity index (χ1) is 11.9. The fraction of sp³-hybridized carbons (Fsp3) is 0.611. The summed E-state index contributed by atoms with van der Waals surface area (Å²) in [5.41, 5.74) is 4.08. The lowest BCUT2D eigenvalue weighted by Gasteiger charge is -2.20. The molecule has 146 valence electrons. The summed E-state index contributed by atoms with van der Waals surface area (Å²) in [5, 5.41) is 6.50. The normalized spacial score (nSPS) is 20.6. The summed E-state index contributed by atoms with van der Waals surface area (Å²) in [5.74, 6) is 0.638. The second-order valence-corrected chi connectivity index (χ2v) is 6.86. The molecule has 0 bridgehead atoms. The van der Waals surface area contributed by atoms with Crippen molar-refractivity contribution in [2.75, 3.05) is 26.7 Å². The van der Waals surface area contributed by atoms with Gasteiger partial charge in [-0.1, -0.05) is 18.2 Å². The van der Waals surface area contributed by atoms with Gasteiger partial charge in [0.1, 0.15) is 0 Å². The number of hydrogen-bond donors (Lipinski definition) is 2. The third-order valence-corrected chi connectivity index (χ3v) is 4.86. The molecule has 1 aromatic rings. The lowest BCUT2D eigenvalue weighted by atomic mass is 10.1. The molecule has 8 heteroatoms. The Balaban J connectivity index is 0.00000243. The molecule has 0 radical (unpaired) electrons. The Labute approximate surface area is 169 Å². The van der Waals surface area contributed by atoms with Crippen LogP contribution in [-0.2, 0) is 19.4 Å². The van der Waals surface area contributed by atoms with Crippen molar-refractivity contribution in [3.8, 4) is 0 Å². The molecule has 26 heavy (non-hydrogen) atoms. The van der Waals surface area contributed by atoms with Crippen LogP contribution in [0.25, 0.3) is 0 Å². The number of aliphatic imine (C=N–C) groups is 1. The Morgan fingerprint density at radius 1 is 1.27 bits per heavy atom. The number of hydrogen-bond acceptors (Lipinski definition) is 2. The van der Waals surface area contributed by atoms with E-state index in [2.05, 4.69) is 33.8 Å². The molecule has 1 aromatic carbocycles. The van der Waals surface area contributed by atoms with Gasteiger partial charge in [0.2, 0.25) is 0 Å². The van der Waals surface area contributed by atoms with Crippen molar-refractivity contribution in [2.24, 2.45) is 4.99 Å². The van der Waals surface area contributed by atoms with Crippen LogP contribution < -0.4 is 10.6 Å². The molecular weight excluding hydrogens is 456 g/mol. The highest BCUT2D eigenvalue weighted by Gasteiger charge is 2.34. The molecule has 1 aliphatic heterocycles. The highest BCUT2D eigenvalue weighted by Crippen LogP contribution is 2.23. The van der Waals surface area contributed by atoms with Crippen LogP contribution in [0.3, 0.4) is 0 Å². The van der Waals surface area contributed by atoms with E-state index < -0.39 is 12.7 Å². The molecule has 0 saturated carbocycles. The first-order valence-corrected chi connectivity index (χ1v) is 8.80.